The van der Waals surface area contributed by atoms with Crippen LogP contribution in [0.2, 0.25) is 0 Å². The van der Waals surface area contributed by atoms with Gasteiger partial charge in [0.15, 0.2) is 0 Å². The highest BCUT2D eigenvalue weighted by Gasteiger charge is 2.26. The highest BCUT2D eigenvalue weighted by atomic mass is 19.2. The van der Waals surface area contributed by atoms with Gasteiger partial charge >= 0.3 is 0 Å². The zero-order valence-corrected chi connectivity index (χ0v) is 9.24. The van der Waals surface area contributed by atoms with Gasteiger partial charge in [-0.15, -0.1) is 0 Å². The molecule has 0 spiro atoms. The Labute approximate surface area is 96.0 Å². The summed E-state index contributed by atoms with van der Waals surface area (Å²) >= 11 is 0. The fourth-order valence-corrected chi connectivity index (χ4v) is 1.77. The number of halogens is 4. The topological polar surface area (TPSA) is 24.9 Å². The van der Waals surface area contributed by atoms with Gasteiger partial charge in [-0.1, -0.05) is 12.8 Å². The third-order valence-electron chi connectivity index (χ3n) is 2.77. The van der Waals surface area contributed by atoms with E-state index in [2.05, 4.69) is 10.3 Å². The number of aromatic nitrogens is 1. The molecule has 1 unspecified atom stereocenters. The van der Waals surface area contributed by atoms with E-state index in [-0.39, 0.29) is 6.04 Å². The lowest BCUT2D eigenvalue weighted by atomic mass is 10.1. The molecule has 0 amide bonds. The molecule has 1 fully saturated rings. The summed E-state index contributed by atoms with van der Waals surface area (Å²) in [5.41, 5.74) is -0.775. The van der Waals surface area contributed by atoms with Crippen LogP contribution >= 0.6 is 0 Å². The van der Waals surface area contributed by atoms with Crippen LogP contribution in [-0.2, 0) is 0 Å². The molecule has 0 bridgehead atoms. The number of pyridine rings is 1. The first kappa shape index (κ1) is 12.1. The van der Waals surface area contributed by atoms with Gasteiger partial charge in [0, 0.05) is 6.04 Å². The molecule has 17 heavy (non-hydrogen) atoms. The van der Waals surface area contributed by atoms with Gasteiger partial charge < -0.3 is 5.32 Å². The predicted octanol–water partition coefficient (Wildman–Crippen LogP) is 3.24. The Balaban J connectivity index is 2.18. The van der Waals surface area contributed by atoms with E-state index in [1.54, 1.807) is 6.92 Å². The molecule has 0 aliphatic heterocycles. The zero-order valence-electron chi connectivity index (χ0n) is 9.24. The van der Waals surface area contributed by atoms with Crippen LogP contribution in [-0.4, -0.2) is 11.0 Å². The summed E-state index contributed by atoms with van der Waals surface area (Å²) in [5.74, 6) is -5.69. The van der Waals surface area contributed by atoms with Crippen molar-refractivity contribution < 1.29 is 17.6 Å². The van der Waals surface area contributed by atoms with Gasteiger partial charge in [0.05, 0.1) is 0 Å². The maximum Gasteiger partial charge on any atom is 0.253 e. The number of nitrogens with zero attached hydrogens (tertiary/aromatic N) is 1. The van der Waals surface area contributed by atoms with E-state index in [9.17, 15) is 17.6 Å². The second-order valence-electron chi connectivity index (χ2n) is 4.42. The van der Waals surface area contributed by atoms with Crippen LogP contribution in [0.4, 0.5) is 23.2 Å². The van der Waals surface area contributed by atoms with Crippen LogP contribution in [0.15, 0.2) is 0 Å². The molecule has 94 valence electrons. The Morgan fingerprint density at radius 1 is 1.18 bits per heavy atom. The van der Waals surface area contributed by atoms with Crippen molar-refractivity contribution in [3.05, 3.63) is 23.5 Å². The standard InChI is InChI=1S/C11H12F4N2/c1-5(4-6-2-3-6)16-9-7(12)10(14)17-11(15)8(9)13/h5-6H,2-4H2,1H3,(H,16,17). The quantitative estimate of drug-likeness (QED) is 0.653. The minimum absolute atomic E-state index is 0.243. The lowest BCUT2D eigenvalue weighted by Gasteiger charge is -2.16. The van der Waals surface area contributed by atoms with Crippen molar-refractivity contribution in [2.24, 2.45) is 5.92 Å². The smallest absolute Gasteiger partial charge is 0.253 e. The molecule has 1 aliphatic carbocycles. The Morgan fingerprint density at radius 2 is 1.71 bits per heavy atom. The van der Waals surface area contributed by atoms with Gasteiger partial charge in [0.1, 0.15) is 5.69 Å². The molecular weight excluding hydrogens is 236 g/mol. The van der Waals surface area contributed by atoms with Gasteiger partial charge in [-0.3, -0.25) is 0 Å². The van der Waals surface area contributed by atoms with Crippen LogP contribution in [0.3, 0.4) is 0 Å². The lowest BCUT2D eigenvalue weighted by Crippen LogP contribution is -2.19. The van der Waals surface area contributed by atoms with E-state index in [0.29, 0.717) is 5.92 Å². The fraction of sp³-hybridized carbons (Fsp3) is 0.545. The van der Waals surface area contributed by atoms with Crippen LogP contribution in [0, 0.1) is 29.4 Å². The Morgan fingerprint density at radius 3 is 2.18 bits per heavy atom. The molecule has 0 radical (unpaired) electrons. The largest absolute Gasteiger partial charge is 0.378 e. The summed E-state index contributed by atoms with van der Waals surface area (Å²) in [6.07, 6.45) is 2.91. The van der Waals surface area contributed by atoms with Crippen molar-refractivity contribution >= 4 is 5.69 Å². The first-order valence-corrected chi connectivity index (χ1v) is 5.45. The predicted molar refractivity (Wildman–Crippen MR) is 54.5 cm³/mol. The van der Waals surface area contributed by atoms with Crippen molar-refractivity contribution in [3.8, 4) is 0 Å². The van der Waals surface area contributed by atoms with E-state index in [1.807, 2.05) is 0 Å². The van der Waals surface area contributed by atoms with Crippen molar-refractivity contribution in [2.45, 2.75) is 32.2 Å². The lowest BCUT2D eigenvalue weighted by molar-refractivity contribution is 0.409. The number of nitrogens with one attached hydrogen (secondary N) is 1. The van der Waals surface area contributed by atoms with E-state index in [1.165, 1.54) is 0 Å². The molecular formula is C11H12F4N2. The van der Waals surface area contributed by atoms with E-state index >= 15 is 0 Å². The second kappa shape index (κ2) is 4.50. The van der Waals surface area contributed by atoms with Crippen molar-refractivity contribution in [1.29, 1.82) is 0 Å². The molecule has 1 atom stereocenters. The summed E-state index contributed by atoms with van der Waals surface area (Å²) in [6, 6.07) is -0.243. The number of hydrogen-bond acceptors (Lipinski definition) is 2. The van der Waals surface area contributed by atoms with Crippen molar-refractivity contribution in [1.82, 2.24) is 4.98 Å². The third kappa shape index (κ3) is 2.68. The monoisotopic (exact) mass is 248 g/mol. The minimum atomic E-state index is -1.63. The maximum atomic E-state index is 13.2. The first-order chi connectivity index (χ1) is 7.99. The van der Waals surface area contributed by atoms with Crippen LogP contribution in [0.1, 0.15) is 26.2 Å². The van der Waals surface area contributed by atoms with E-state index in [0.717, 1.165) is 19.3 Å². The molecule has 1 saturated carbocycles. The van der Waals surface area contributed by atoms with Crippen LogP contribution in [0.5, 0.6) is 0 Å². The summed E-state index contributed by atoms with van der Waals surface area (Å²) in [4.78, 5) is 2.49. The number of hydrogen-bond donors (Lipinski definition) is 1. The number of rotatable bonds is 4. The molecule has 2 nitrogen and oxygen atoms in total. The van der Waals surface area contributed by atoms with Crippen LogP contribution in [0.25, 0.3) is 0 Å². The third-order valence-corrected chi connectivity index (χ3v) is 2.77. The normalized spacial score (nSPS) is 17.0. The highest BCUT2D eigenvalue weighted by Crippen LogP contribution is 2.34. The average molecular weight is 248 g/mol. The van der Waals surface area contributed by atoms with Crippen molar-refractivity contribution in [3.63, 3.8) is 0 Å². The molecule has 0 aromatic carbocycles. The maximum absolute atomic E-state index is 13.2. The van der Waals surface area contributed by atoms with E-state index in [4.69, 9.17) is 0 Å². The number of anilines is 1. The highest BCUT2D eigenvalue weighted by molar-refractivity contribution is 5.46. The van der Waals surface area contributed by atoms with Gasteiger partial charge in [-0.05, 0) is 19.3 Å². The summed E-state index contributed by atoms with van der Waals surface area (Å²) in [6.45, 7) is 1.72. The van der Waals surface area contributed by atoms with Crippen LogP contribution < -0.4 is 5.32 Å². The average Bonchev–Trinajstić information content (AvgIpc) is 3.05. The van der Waals surface area contributed by atoms with Gasteiger partial charge in [-0.2, -0.15) is 22.5 Å². The Hall–Kier alpha value is -1.33. The Kier molecular flexibility index (Phi) is 3.22. The van der Waals surface area contributed by atoms with Crippen molar-refractivity contribution in [2.75, 3.05) is 5.32 Å². The molecule has 1 heterocycles. The summed E-state index contributed by atoms with van der Waals surface area (Å²) in [7, 11) is 0. The summed E-state index contributed by atoms with van der Waals surface area (Å²) in [5, 5.41) is 2.46. The fourth-order valence-electron chi connectivity index (χ4n) is 1.77. The van der Waals surface area contributed by atoms with Gasteiger partial charge in [0.25, 0.3) is 11.9 Å². The molecule has 0 saturated heterocycles. The van der Waals surface area contributed by atoms with E-state index < -0.39 is 29.2 Å². The second-order valence-corrected chi connectivity index (χ2v) is 4.42. The molecule has 1 aromatic rings. The molecule has 6 heteroatoms. The summed E-state index contributed by atoms with van der Waals surface area (Å²) < 4.78 is 52.1. The first-order valence-electron chi connectivity index (χ1n) is 5.45. The Bertz CT molecular complexity index is 406. The zero-order chi connectivity index (χ0) is 12.6. The molecule has 2 rings (SSSR count). The van der Waals surface area contributed by atoms with Gasteiger partial charge in [-0.25, -0.2) is 0 Å². The SMILES string of the molecule is CC(CC1CC1)Nc1c(F)c(F)nc(F)c1F. The van der Waals surface area contributed by atoms with Gasteiger partial charge in [0.2, 0.25) is 11.6 Å². The molecule has 1 N–H and O–H groups in total. The molecule has 1 aromatic heterocycles. The minimum Gasteiger partial charge on any atom is -0.378 e. The molecule has 1 aliphatic rings.